The number of hydrogen-bond donors (Lipinski definition) is 2. The normalized spacial score (nSPS) is 15.1. The number of carbonyl (C=O) groups is 2. The van der Waals surface area contributed by atoms with Crippen molar-refractivity contribution in [3.8, 4) is 0 Å². The molecule has 0 atom stereocenters. The fourth-order valence-electron chi connectivity index (χ4n) is 3.26. The van der Waals surface area contributed by atoms with Crippen LogP contribution in [0.3, 0.4) is 0 Å². The maximum Gasteiger partial charge on any atom is 0.251 e. The van der Waals surface area contributed by atoms with Crippen LogP contribution in [0, 0.1) is 0 Å². The summed E-state index contributed by atoms with van der Waals surface area (Å²) in [4.78, 5) is 29.0. The third-order valence-electron chi connectivity index (χ3n) is 4.98. The zero-order chi connectivity index (χ0) is 20.6. The number of likely N-dealkylation sites (N-methyl/N-ethyl adjacent to an activating group) is 1. The smallest absolute Gasteiger partial charge is 0.251 e. The number of nitrogens with zero attached hydrogens (tertiary/aromatic N) is 2. The van der Waals surface area contributed by atoms with Crippen molar-refractivity contribution in [1.82, 2.24) is 20.4 Å². The summed E-state index contributed by atoms with van der Waals surface area (Å²) in [6, 6.07) is 15.4. The second-order valence-electron chi connectivity index (χ2n) is 7.37. The van der Waals surface area contributed by atoms with E-state index in [1.54, 1.807) is 18.2 Å². The number of halogens is 1. The van der Waals surface area contributed by atoms with Crippen molar-refractivity contribution < 1.29 is 9.59 Å². The Labute approximate surface area is 180 Å². The minimum absolute atomic E-state index is 0.0493. The Morgan fingerprint density at radius 1 is 0.966 bits per heavy atom. The van der Waals surface area contributed by atoms with E-state index in [-0.39, 0.29) is 18.4 Å². The van der Waals surface area contributed by atoms with Gasteiger partial charge in [-0.3, -0.25) is 14.5 Å². The minimum Gasteiger partial charge on any atom is -0.350 e. The monoisotopic (exact) mass is 458 g/mol. The quantitative estimate of drug-likeness (QED) is 0.667. The Bertz CT molecular complexity index is 850. The molecule has 2 aromatic carbocycles. The Kier molecular flexibility index (Phi) is 7.80. The molecular formula is C22H27BrN4O2. The maximum atomic E-state index is 12.1. The van der Waals surface area contributed by atoms with Gasteiger partial charge in [0.25, 0.3) is 5.91 Å². The Morgan fingerprint density at radius 3 is 2.45 bits per heavy atom. The SMILES string of the molecule is CN1CCN(Cc2cccc(CNC(=O)CNC(=O)c3cccc(Br)c3)c2)CC1. The molecule has 1 fully saturated rings. The Morgan fingerprint density at radius 2 is 1.69 bits per heavy atom. The summed E-state index contributed by atoms with van der Waals surface area (Å²) in [5.41, 5.74) is 2.83. The van der Waals surface area contributed by atoms with Gasteiger partial charge in [0, 0.05) is 49.3 Å². The Balaban J connectivity index is 1.43. The number of benzene rings is 2. The average molecular weight is 459 g/mol. The van der Waals surface area contributed by atoms with Crippen molar-refractivity contribution in [1.29, 1.82) is 0 Å². The van der Waals surface area contributed by atoms with Crippen LogP contribution in [0.5, 0.6) is 0 Å². The minimum atomic E-state index is -0.268. The topological polar surface area (TPSA) is 64.7 Å². The summed E-state index contributed by atoms with van der Waals surface area (Å²) in [5, 5.41) is 5.52. The summed E-state index contributed by atoms with van der Waals surface area (Å²) < 4.78 is 0.825. The van der Waals surface area contributed by atoms with E-state index < -0.39 is 0 Å². The van der Waals surface area contributed by atoms with Crippen LogP contribution in [-0.4, -0.2) is 61.4 Å². The van der Waals surface area contributed by atoms with Crippen molar-refractivity contribution in [2.45, 2.75) is 13.1 Å². The van der Waals surface area contributed by atoms with Gasteiger partial charge in [0.2, 0.25) is 5.91 Å². The standard InChI is InChI=1S/C22H27BrN4O2/c1-26-8-10-27(11-9-26)16-18-5-2-4-17(12-18)14-24-21(28)15-25-22(29)19-6-3-7-20(23)13-19/h2-7,12-13H,8-11,14-16H2,1H3,(H,24,28)(H,25,29). The molecular weight excluding hydrogens is 432 g/mol. The fourth-order valence-corrected chi connectivity index (χ4v) is 3.66. The predicted molar refractivity (Wildman–Crippen MR) is 118 cm³/mol. The molecule has 1 aliphatic heterocycles. The highest BCUT2D eigenvalue weighted by Gasteiger charge is 2.14. The molecule has 0 radical (unpaired) electrons. The van der Waals surface area contributed by atoms with Gasteiger partial charge < -0.3 is 15.5 Å². The summed E-state index contributed by atoms with van der Waals surface area (Å²) >= 11 is 3.34. The molecule has 1 heterocycles. The number of hydrogen-bond acceptors (Lipinski definition) is 4. The van der Waals surface area contributed by atoms with E-state index in [2.05, 4.69) is 55.5 Å². The van der Waals surface area contributed by atoms with Crippen molar-refractivity contribution >= 4 is 27.7 Å². The van der Waals surface area contributed by atoms with Crippen molar-refractivity contribution in [3.05, 3.63) is 69.7 Å². The fraction of sp³-hybridized carbons (Fsp3) is 0.364. The molecule has 0 saturated carbocycles. The zero-order valence-electron chi connectivity index (χ0n) is 16.7. The second-order valence-corrected chi connectivity index (χ2v) is 8.28. The largest absolute Gasteiger partial charge is 0.350 e. The lowest BCUT2D eigenvalue weighted by molar-refractivity contribution is -0.120. The molecule has 6 nitrogen and oxygen atoms in total. The van der Waals surface area contributed by atoms with Gasteiger partial charge in [0.1, 0.15) is 0 Å². The maximum absolute atomic E-state index is 12.1. The molecule has 29 heavy (non-hydrogen) atoms. The van der Waals surface area contributed by atoms with Gasteiger partial charge in [-0.25, -0.2) is 0 Å². The molecule has 2 N–H and O–H groups in total. The molecule has 1 saturated heterocycles. The van der Waals surface area contributed by atoms with Gasteiger partial charge in [-0.05, 0) is 36.4 Å². The Hall–Kier alpha value is -2.22. The van der Waals surface area contributed by atoms with Crippen molar-refractivity contribution in [2.75, 3.05) is 39.8 Å². The highest BCUT2D eigenvalue weighted by molar-refractivity contribution is 9.10. The van der Waals surface area contributed by atoms with Gasteiger partial charge in [-0.1, -0.05) is 46.3 Å². The number of carbonyl (C=O) groups excluding carboxylic acids is 2. The van der Waals surface area contributed by atoms with Crippen LogP contribution >= 0.6 is 15.9 Å². The van der Waals surface area contributed by atoms with Crippen LogP contribution in [0.25, 0.3) is 0 Å². The number of nitrogens with one attached hydrogen (secondary N) is 2. The van der Waals surface area contributed by atoms with E-state index in [1.165, 1.54) is 5.56 Å². The molecule has 0 unspecified atom stereocenters. The van der Waals surface area contributed by atoms with Crippen LogP contribution in [0.15, 0.2) is 53.0 Å². The lowest BCUT2D eigenvalue weighted by Crippen LogP contribution is -2.43. The van der Waals surface area contributed by atoms with E-state index in [0.29, 0.717) is 12.1 Å². The molecule has 2 aromatic rings. The molecule has 154 valence electrons. The molecule has 0 bridgehead atoms. The predicted octanol–water partition coefficient (Wildman–Crippen LogP) is 2.24. The number of piperazine rings is 1. The van der Waals surface area contributed by atoms with Gasteiger partial charge in [-0.15, -0.1) is 0 Å². The van der Waals surface area contributed by atoms with Crippen LogP contribution in [0.2, 0.25) is 0 Å². The molecule has 0 aliphatic carbocycles. The zero-order valence-corrected chi connectivity index (χ0v) is 18.2. The highest BCUT2D eigenvalue weighted by Crippen LogP contribution is 2.12. The van der Waals surface area contributed by atoms with Crippen LogP contribution in [0.1, 0.15) is 21.5 Å². The second kappa shape index (κ2) is 10.5. The third kappa shape index (κ3) is 6.96. The molecule has 7 heteroatoms. The molecule has 1 aliphatic rings. The third-order valence-corrected chi connectivity index (χ3v) is 5.47. The first-order chi connectivity index (χ1) is 14.0. The summed E-state index contributed by atoms with van der Waals surface area (Å²) in [5.74, 6) is -0.478. The van der Waals surface area contributed by atoms with Gasteiger partial charge in [-0.2, -0.15) is 0 Å². The van der Waals surface area contributed by atoms with Crippen LogP contribution in [0.4, 0.5) is 0 Å². The van der Waals surface area contributed by atoms with E-state index in [4.69, 9.17) is 0 Å². The number of amides is 2. The number of rotatable bonds is 7. The first-order valence-corrected chi connectivity index (χ1v) is 10.6. The van der Waals surface area contributed by atoms with Crippen molar-refractivity contribution in [3.63, 3.8) is 0 Å². The molecule has 3 rings (SSSR count). The lowest BCUT2D eigenvalue weighted by atomic mass is 10.1. The van der Waals surface area contributed by atoms with Gasteiger partial charge in [0.05, 0.1) is 6.54 Å². The van der Waals surface area contributed by atoms with Gasteiger partial charge >= 0.3 is 0 Å². The molecule has 0 aromatic heterocycles. The average Bonchev–Trinajstić information content (AvgIpc) is 2.72. The first-order valence-electron chi connectivity index (χ1n) is 9.79. The van der Waals surface area contributed by atoms with Crippen molar-refractivity contribution in [2.24, 2.45) is 0 Å². The van der Waals surface area contributed by atoms with Crippen LogP contribution < -0.4 is 10.6 Å². The first kappa shape index (κ1) is 21.5. The highest BCUT2D eigenvalue weighted by atomic mass is 79.9. The molecule has 2 amide bonds. The lowest BCUT2D eigenvalue weighted by Gasteiger charge is -2.32. The van der Waals surface area contributed by atoms with E-state index in [1.807, 2.05) is 18.2 Å². The van der Waals surface area contributed by atoms with Crippen LogP contribution in [-0.2, 0) is 17.9 Å². The summed E-state index contributed by atoms with van der Waals surface area (Å²) in [7, 11) is 2.15. The van der Waals surface area contributed by atoms with E-state index >= 15 is 0 Å². The summed E-state index contributed by atoms with van der Waals surface area (Å²) in [6.07, 6.45) is 0. The summed E-state index contributed by atoms with van der Waals surface area (Å²) in [6.45, 7) is 5.68. The van der Waals surface area contributed by atoms with Gasteiger partial charge in [0.15, 0.2) is 0 Å². The molecule has 0 spiro atoms. The van der Waals surface area contributed by atoms with E-state index in [0.717, 1.165) is 42.8 Å². The van der Waals surface area contributed by atoms with E-state index in [9.17, 15) is 9.59 Å².